The SMILES string of the molecule is Nc1ccc2nc(-c3ccc(NC(=O)[C@@H]4CCCN4C(=O)c4cccnc4)cc3)[nH]c2c1.O=C(Cc1ccc(-c2nc3ccc([N+](=O)[O-])cc3[nH]2)cc1)[C@@H]1CCCN1C(=O)c1cccnc1. The third-order valence-corrected chi connectivity index (χ3v) is 11.7. The van der Waals surface area contributed by atoms with Gasteiger partial charge in [-0.2, -0.15) is 0 Å². The molecule has 2 aliphatic rings. The van der Waals surface area contributed by atoms with Gasteiger partial charge in [0, 0.05) is 78.9 Å². The van der Waals surface area contributed by atoms with Crippen LogP contribution in [0.1, 0.15) is 52.0 Å². The molecular formula is C49H43N11O6. The summed E-state index contributed by atoms with van der Waals surface area (Å²) < 4.78 is 0. The number of rotatable bonds is 10. The number of aromatic nitrogens is 6. The van der Waals surface area contributed by atoms with Crippen molar-refractivity contribution in [1.82, 2.24) is 39.7 Å². The first kappa shape index (κ1) is 42.7. The smallest absolute Gasteiger partial charge is 0.271 e. The van der Waals surface area contributed by atoms with Crippen LogP contribution in [0.3, 0.4) is 0 Å². The second-order valence-corrected chi connectivity index (χ2v) is 16.1. The Morgan fingerprint density at radius 2 is 1.24 bits per heavy atom. The minimum Gasteiger partial charge on any atom is -0.399 e. The minimum absolute atomic E-state index is 0.000439. The van der Waals surface area contributed by atoms with E-state index in [0.717, 1.165) is 46.4 Å². The molecule has 2 aliphatic heterocycles. The molecule has 2 atom stereocenters. The molecule has 8 aromatic rings. The monoisotopic (exact) mass is 881 g/mol. The van der Waals surface area contributed by atoms with Crippen LogP contribution in [0.25, 0.3) is 44.8 Å². The van der Waals surface area contributed by atoms with Gasteiger partial charge in [0.15, 0.2) is 5.78 Å². The maximum Gasteiger partial charge on any atom is 0.271 e. The maximum atomic E-state index is 13.0. The standard InChI is InChI=1S/C25H21N5O4.C24H22N6O2/c31-23(22-4-2-12-29(22)25(32)18-3-1-11-26-15-18)13-16-5-7-17(8-6-16)24-27-20-10-9-19(30(33)34)14-21(20)28-24;25-17-7-10-19-20(13-17)29-22(28-19)15-5-8-18(9-6-15)27-23(31)21-4-2-12-30(21)24(32)16-3-1-11-26-14-16/h1,3,5-11,14-15,22H,2,4,12-13H2,(H,27,28);1,3,5-11,13-14,21H,2,4,12,25H2,(H,27,31)(H,28,29)/t22-;21-/m00/s1. The fourth-order valence-corrected chi connectivity index (χ4v) is 8.39. The summed E-state index contributed by atoms with van der Waals surface area (Å²) in [4.78, 5) is 88.9. The van der Waals surface area contributed by atoms with Crippen molar-refractivity contribution < 1.29 is 24.1 Å². The number of nitrogens with two attached hydrogens (primary N) is 1. The summed E-state index contributed by atoms with van der Waals surface area (Å²) in [5.41, 5.74) is 13.6. The quantitative estimate of drug-likeness (QED) is 0.0599. The summed E-state index contributed by atoms with van der Waals surface area (Å²) in [7, 11) is 0. The molecule has 0 bridgehead atoms. The number of nitrogens with one attached hydrogen (secondary N) is 3. The van der Waals surface area contributed by atoms with Crippen molar-refractivity contribution in [2.45, 2.75) is 44.2 Å². The molecule has 0 unspecified atom stereocenters. The molecule has 2 saturated heterocycles. The van der Waals surface area contributed by atoms with E-state index in [1.807, 2.05) is 66.7 Å². The van der Waals surface area contributed by atoms with Crippen LogP contribution >= 0.6 is 0 Å². The highest BCUT2D eigenvalue weighted by atomic mass is 16.6. The minimum atomic E-state index is -0.497. The van der Waals surface area contributed by atoms with E-state index in [9.17, 15) is 29.3 Å². The second-order valence-electron chi connectivity index (χ2n) is 16.1. The van der Waals surface area contributed by atoms with Crippen molar-refractivity contribution in [1.29, 1.82) is 0 Å². The van der Waals surface area contributed by atoms with Crippen molar-refractivity contribution >= 4 is 62.6 Å². The molecule has 0 spiro atoms. The lowest BCUT2D eigenvalue weighted by atomic mass is 10.0. The van der Waals surface area contributed by atoms with Gasteiger partial charge in [0.1, 0.15) is 17.7 Å². The molecule has 10 rings (SSSR count). The second kappa shape index (κ2) is 18.6. The van der Waals surface area contributed by atoms with E-state index in [0.29, 0.717) is 65.3 Å². The highest BCUT2D eigenvalue weighted by Crippen LogP contribution is 2.28. The number of non-ortho nitro benzene ring substituents is 1. The molecule has 6 heterocycles. The number of carbonyl (C=O) groups is 4. The van der Waals surface area contributed by atoms with E-state index >= 15 is 0 Å². The molecule has 0 radical (unpaired) electrons. The number of benzene rings is 4. The Labute approximate surface area is 377 Å². The van der Waals surface area contributed by atoms with Gasteiger partial charge in [-0.25, -0.2) is 9.97 Å². The number of fused-ring (bicyclic) bond motifs is 2. The molecule has 330 valence electrons. The third-order valence-electron chi connectivity index (χ3n) is 11.7. The van der Waals surface area contributed by atoms with E-state index in [-0.39, 0.29) is 35.6 Å². The number of nitro groups is 1. The molecule has 4 aromatic carbocycles. The number of Topliss-reactive ketones (excluding diaryl/α,β-unsaturated/α-hetero) is 1. The first-order chi connectivity index (χ1) is 32.1. The Balaban J connectivity index is 0.000000166. The van der Waals surface area contributed by atoms with Gasteiger partial charge in [-0.1, -0.05) is 24.3 Å². The number of nitrogen functional groups attached to an aromatic ring is 1. The van der Waals surface area contributed by atoms with Crippen LogP contribution in [0.5, 0.6) is 0 Å². The Morgan fingerprint density at radius 1 is 0.697 bits per heavy atom. The lowest BCUT2D eigenvalue weighted by molar-refractivity contribution is -0.384. The molecular weight excluding hydrogens is 839 g/mol. The average Bonchev–Trinajstić information content (AvgIpc) is 4.19. The van der Waals surface area contributed by atoms with Gasteiger partial charge in [0.25, 0.3) is 17.5 Å². The Kier molecular flexibility index (Phi) is 12.0. The molecule has 4 aromatic heterocycles. The van der Waals surface area contributed by atoms with Gasteiger partial charge in [0.2, 0.25) is 5.91 Å². The number of carbonyl (C=O) groups excluding carboxylic acids is 4. The van der Waals surface area contributed by atoms with E-state index in [2.05, 4.69) is 35.2 Å². The van der Waals surface area contributed by atoms with Crippen molar-refractivity contribution in [3.8, 4) is 22.8 Å². The highest BCUT2D eigenvalue weighted by molar-refractivity contribution is 6.02. The number of aromatic amines is 2. The van der Waals surface area contributed by atoms with Crippen LogP contribution in [0.4, 0.5) is 17.1 Å². The molecule has 3 amide bonds. The first-order valence-electron chi connectivity index (χ1n) is 21.4. The van der Waals surface area contributed by atoms with Crippen LogP contribution in [0.15, 0.2) is 134 Å². The first-order valence-corrected chi connectivity index (χ1v) is 21.4. The number of hydrogen-bond acceptors (Lipinski definition) is 11. The van der Waals surface area contributed by atoms with Gasteiger partial charge < -0.3 is 30.8 Å². The van der Waals surface area contributed by atoms with E-state index < -0.39 is 17.0 Å². The van der Waals surface area contributed by atoms with Gasteiger partial charge in [-0.15, -0.1) is 0 Å². The third kappa shape index (κ3) is 9.21. The highest BCUT2D eigenvalue weighted by Gasteiger charge is 2.36. The number of amides is 3. The van der Waals surface area contributed by atoms with Crippen LogP contribution in [-0.4, -0.2) is 93.3 Å². The molecule has 17 nitrogen and oxygen atoms in total. The fourth-order valence-electron chi connectivity index (χ4n) is 8.39. The zero-order valence-corrected chi connectivity index (χ0v) is 35.5. The number of ketones is 1. The maximum absolute atomic E-state index is 13.0. The number of likely N-dealkylation sites (tertiary alicyclic amines) is 2. The van der Waals surface area contributed by atoms with Crippen molar-refractivity contribution in [3.05, 3.63) is 161 Å². The normalized spacial score (nSPS) is 15.6. The molecule has 0 aliphatic carbocycles. The van der Waals surface area contributed by atoms with E-state index in [1.54, 1.807) is 52.5 Å². The molecule has 66 heavy (non-hydrogen) atoms. The zero-order valence-electron chi connectivity index (χ0n) is 35.5. The largest absolute Gasteiger partial charge is 0.399 e. The van der Waals surface area contributed by atoms with Gasteiger partial charge in [-0.3, -0.25) is 39.3 Å². The number of hydrogen-bond donors (Lipinski definition) is 4. The predicted octanol–water partition coefficient (Wildman–Crippen LogP) is 7.40. The Hall–Kier alpha value is -8.60. The fraction of sp³-hybridized carbons (Fsp3) is 0.184. The summed E-state index contributed by atoms with van der Waals surface area (Å²) in [5, 5.41) is 13.9. The molecule has 5 N–H and O–H groups in total. The average molecular weight is 882 g/mol. The number of pyridine rings is 2. The van der Waals surface area contributed by atoms with Crippen LogP contribution in [-0.2, 0) is 16.0 Å². The lowest BCUT2D eigenvalue weighted by Gasteiger charge is -2.24. The van der Waals surface area contributed by atoms with Gasteiger partial charge >= 0.3 is 0 Å². The Bertz CT molecular complexity index is 3080. The van der Waals surface area contributed by atoms with Crippen LogP contribution in [0.2, 0.25) is 0 Å². The molecule has 2 fully saturated rings. The molecule has 17 heteroatoms. The van der Waals surface area contributed by atoms with Crippen molar-refractivity contribution in [2.24, 2.45) is 0 Å². The summed E-state index contributed by atoms with van der Waals surface area (Å²) in [6.45, 7) is 1.12. The van der Waals surface area contributed by atoms with Gasteiger partial charge in [-0.05, 0) is 104 Å². The lowest BCUT2D eigenvalue weighted by Crippen LogP contribution is -2.43. The van der Waals surface area contributed by atoms with Crippen molar-refractivity contribution in [3.63, 3.8) is 0 Å². The van der Waals surface area contributed by atoms with Crippen LogP contribution < -0.4 is 11.1 Å². The predicted molar refractivity (Wildman–Crippen MR) is 248 cm³/mol. The summed E-state index contributed by atoms with van der Waals surface area (Å²) in [6.07, 6.45) is 9.40. The number of nitro benzene ring substituents is 1. The van der Waals surface area contributed by atoms with Gasteiger partial charge in [0.05, 0.1) is 44.2 Å². The summed E-state index contributed by atoms with van der Waals surface area (Å²) in [6, 6.07) is 30.9. The summed E-state index contributed by atoms with van der Waals surface area (Å²) in [5.74, 6) is 0.816. The van der Waals surface area contributed by atoms with Crippen LogP contribution in [0, 0.1) is 10.1 Å². The summed E-state index contributed by atoms with van der Waals surface area (Å²) >= 11 is 0. The number of anilines is 2. The van der Waals surface area contributed by atoms with E-state index in [4.69, 9.17) is 5.73 Å². The van der Waals surface area contributed by atoms with E-state index in [1.165, 1.54) is 24.5 Å². The Morgan fingerprint density at radius 3 is 1.82 bits per heavy atom. The zero-order chi connectivity index (χ0) is 45.7. The number of nitrogens with zero attached hydrogens (tertiary/aromatic N) is 7. The molecule has 0 saturated carbocycles. The number of imidazole rings is 2. The topological polar surface area (TPSA) is 239 Å². The van der Waals surface area contributed by atoms with Crippen molar-refractivity contribution in [2.75, 3.05) is 24.1 Å². The number of H-pyrrole nitrogens is 2.